The molecule has 0 bridgehead atoms. The van der Waals surface area contributed by atoms with Crippen LogP contribution in [0.5, 0.6) is 5.75 Å². The molecule has 29 heavy (non-hydrogen) atoms. The number of pyridine rings is 1. The second-order valence-corrected chi connectivity index (χ2v) is 7.74. The minimum atomic E-state index is -0.469. The van der Waals surface area contributed by atoms with E-state index in [1.807, 2.05) is 27.0 Å². The largest absolute Gasteiger partial charge is 0.494 e. The van der Waals surface area contributed by atoms with Crippen molar-refractivity contribution < 1.29 is 13.9 Å². The van der Waals surface area contributed by atoms with E-state index in [-0.39, 0.29) is 30.2 Å². The summed E-state index contributed by atoms with van der Waals surface area (Å²) in [6, 6.07) is 6.66. The van der Waals surface area contributed by atoms with E-state index in [1.54, 1.807) is 23.2 Å². The maximum atomic E-state index is 14.6. The second-order valence-electron chi connectivity index (χ2n) is 7.74. The average molecular weight is 420 g/mol. The Bertz CT molecular complexity index is 923. The summed E-state index contributed by atoms with van der Waals surface area (Å²) in [5, 5.41) is 3.56. The van der Waals surface area contributed by atoms with Crippen LogP contribution in [-0.4, -0.2) is 41.5 Å². The normalized spacial score (nSPS) is 23.5. The van der Waals surface area contributed by atoms with Gasteiger partial charge in [-0.05, 0) is 68.5 Å². The van der Waals surface area contributed by atoms with E-state index < -0.39 is 5.54 Å². The van der Waals surface area contributed by atoms with Crippen LogP contribution in [0.2, 0.25) is 0 Å². The minimum Gasteiger partial charge on any atom is -0.494 e. The number of hydrogen-bond acceptors (Lipinski definition) is 4. The fourth-order valence-electron chi connectivity index (χ4n) is 4.53. The molecule has 2 saturated heterocycles. The van der Waals surface area contributed by atoms with Crippen LogP contribution in [-0.2, 0) is 4.79 Å². The SMILES string of the molecule is CCOc1ccc(F)c(-c2ccnc([C@H]3CC[C@]4(CCN(C)C4=O)N3)c2C)c1.Cl. The monoisotopic (exact) mass is 419 g/mol. The van der Waals surface area contributed by atoms with Crippen LogP contribution in [0.1, 0.15) is 43.5 Å². The zero-order valence-corrected chi connectivity index (χ0v) is 17.8. The highest BCUT2D eigenvalue weighted by Crippen LogP contribution is 2.41. The highest BCUT2D eigenvalue weighted by molar-refractivity contribution is 5.88. The fraction of sp³-hybridized carbons (Fsp3) is 0.455. The summed E-state index contributed by atoms with van der Waals surface area (Å²) in [4.78, 5) is 19.0. The van der Waals surface area contributed by atoms with Gasteiger partial charge in [0.15, 0.2) is 0 Å². The first kappa shape index (κ1) is 21.5. The van der Waals surface area contributed by atoms with Gasteiger partial charge in [-0.1, -0.05) is 0 Å². The Kier molecular flexibility index (Phi) is 6.15. The molecule has 0 unspecified atom stereocenters. The smallest absolute Gasteiger partial charge is 0.242 e. The summed E-state index contributed by atoms with van der Waals surface area (Å²) in [6.45, 7) is 5.19. The molecule has 2 fully saturated rings. The van der Waals surface area contributed by atoms with Crippen molar-refractivity contribution in [1.29, 1.82) is 0 Å². The number of aromatic nitrogens is 1. The van der Waals surface area contributed by atoms with Crippen molar-refractivity contribution in [3.05, 3.63) is 47.5 Å². The molecule has 156 valence electrons. The first-order valence-electron chi connectivity index (χ1n) is 9.86. The highest BCUT2D eigenvalue weighted by Gasteiger charge is 2.50. The van der Waals surface area contributed by atoms with Crippen molar-refractivity contribution in [3.63, 3.8) is 0 Å². The summed E-state index contributed by atoms with van der Waals surface area (Å²) in [6.07, 6.45) is 4.20. The number of amides is 1. The van der Waals surface area contributed by atoms with Crippen molar-refractivity contribution in [1.82, 2.24) is 15.2 Å². The molecule has 2 atom stereocenters. The number of carbonyl (C=O) groups excluding carboxylic acids is 1. The highest BCUT2D eigenvalue weighted by atomic mass is 35.5. The average Bonchev–Trinajstić information content (AvgIpc) is 3.24. The lowest BCUT2D eigenvalue weighted by Gasteiger charge is -2.24. The molecule has 2 aromatic rings. The number of halogens is 2. The minimum absolute atomic E-state index is 0. The number of ether oxygens (including phenoxy) is 1. The van der Waals surface area contributed by atoms with Crippen LogP contribution in [0.3, 0.4) is 0 Å². The van der Waals surface area contributed by atoms with Crippen molar-refractivity contribution in [2.75, 3.05) is 20.2 Å². The molecule has 0 aliphatic carbocycles. The molecule has 0 radical (unpaired) electrons. The van der Waals surface area contributed by atoms with E-state index in [9.17, 15) is 9.18 Å². The van der Waals surface area contributed by atoms with E-state index in [4.69, 9.17) is 4.74 Å². The molecule has 2 aliphatic rings. The standard InChI is InChI=1S/C22H26FN3O2.ClH/c1-4-28-15-5-6-18(23)17(13-15)16-8-11-24-20(14(16)2)19-7-9-22(25-19)10-12-26(3)21(22)27;/h5-6,8,11,13,19,25H,4,7,9-10,12H2,1-3H3;1H/t19-,22-;/m1./s1. The van der Waals surface area contributed by atoms with Gasteiger partial charge >= 0.3 is 0 Å². The van der Waals surface area contributed by atoms with Gasteiger partial charge in [-0.3, -0.25) is 15.1 Å². The van der Waals surface area contributed by atoms with Crippen LogP contribution < -0.4 is 10.1 Å². The Morgan fingerprint density at radius 1 is 1.31 bits per heavy atom. The number of benzene rings is 1. The number of likely N-dealkylation sites (tertiary alicyclic amines) is 1. The van der Waals surface area contributed by atoms with Gasteiger partial charge in [0, 0.05) is 25.4 Å². The number of likely N-dealkylation sites (N-methyl/N-ethyl adjacent to an activating group) is 1. The van der Waals surface area contributed by atoms with Gasteiger partial charge in [0.05, 0.1) is 18.3 Å². The molecular weight excluding hydrogens is 393 g/mol. The third-order valence-corrected chi connectivity index (χ3v) is 6.05. The third kappa shape index (κ3) is 3.71. The maximum absolute atomic E-state index is 14.6. The topological polar surface area (TPSA) is 54.5 Å². The van der Waals surface area contributed by atoms with Gasteiger partial charge in [0.25, 0.3) is 0 Å². The fourth-order valence-corrected chi connectivity index (χ4v) is 4.53. The van der Waals surface area contributed by atoms with Gasteiger partial charge in [0.1, 0.15) is 17.1 Å². The first-order chi connectivity index (χ1) is 13.4. The Labute approximate surface area is 177 Å². The van der Waals surface area contributed by atoms with Gasteiger partial charge in [-0.25, -0.2) is 4.39 Å². The molecular formula is C22H27ClFN3O2. The van der Waals surface area contributed by atoms with Crippen molar-refractivity contribution in [3.8, 4) is 16.9 Å². The molecule has 1 aromatic carbocycles. The Balaban J connectivity index is 0.00000240. The predicted octanol–water partition coefficient (Wildman–Crippen LogP) is 4.04. The number of carbonyl (C=O) groups is 1. The van der Waals surface area contributed by atoms with Gasteiger partial charge in [0.2, 0.25) is 5.91 Å². The maximum Gasteiger partial charge on any atom is 0.242 e. The van der Waals surface area contributed by atoms with Crippen LogP contribution >= 0.6 is 12.4 Å². The van der Waals surface area contributed by atoms with Crippen molar-refractivity contribution in [2.24, 2.45) is 0 Å². The molecule has 2 aliphatic heterocycles. The van der Waals surface area contributed by atoms with Crippen molar-refractivity contribution in [2.45, 2.75) is 44.7 Å². The number of nitrogens with one attached hydrogen (secondary N) is 1. The zero-order valence-electron chi connectivity index (χ0n) is 17.0. The van der Waals surface area contributed by atoms with Gasteiger partial charge in [-0.15, -0.1) is 12.4 Å². The van der Waals surface area contributed by atoms with E-state index >= 15 is 0 Å². The third-order valence-electron chi connectivity index (χ3n) is 6.05. The van der Waals surface area contributed by atoms with Gasteiger partial charge in [-0.2, -0.15) is 0 Å². The molecule has 4 rings (SSSR count). The lowest BCUT2D eigenvalue weighted by Crippen LogP contribution is -2.47. The van der Waals surface area contributed by atoms with Crippen LogP contribution in [0, 0.1) is 12.7 Å². The number of rotatable bonds is 4. The Morgan fingerprint density at radius 3 is 2.79 bits per heavy atom. The Morgan fingerprint density at radius 2 is 2.10 bits per heavy atom. The summed E-state index contributed by atoms with van der Waals surface area (Å²) < 4.78 is 20.1. The quantitative estimate of drug-likeness (QED) is 0.812. The predicted molar refractivity (Wildman–Crippen MR) is 113 cm³/mol. The molecule has 3 heterocycles. The second kappa shape index (κ2) is 8.28. The van der Waals surface area contributed by atoms with E-state index in [2.05, 4.69) is 10.3 Å². The lowest BCUT2D eigenvalue weighted by atomic mass is 9.95. The van der Waals surface area contributed by atoms with Crippen molar-refractivity contribution >= 4 is 18.3 Å². The van der Waals surface area contributed by atoms with Crippen LogP contribution in [0.25, 0.3) is 11.1 Å². The van der Waals surface area contributed by atoms with E-state index in [1.165, 1.54) is 6.07 Å². The lowest BCUT2D eigenvalue weighted by molar-refractivity contribution is -0.131. The first-order valence-corrected chi connectivity index (χ1v) is 9.86. The number of hydrogen-bond donors (Lipinski definition) is 1. The molecule has 1 spiro atoms. The number of nitrogens with zero attached hydrogens (tertiary/aromatic N) is 2. The van der Waals surface area contributed by atoms with E-state index in [0.29, 0.717) is 17.9 Å². The molecule has 1 N–H and O–H groups in total. The van der Waals surface area contributed by atoms with Gasteiger partial charge < -0.3 is 9.64 Å². The summed E-state index contributed by atoms with van der Waals surface area (Å²) >= 11 is 0. The van der Waals surface area contributed by atoms with Crippen LogP contribution in [0.4, 0.5) is 4.39 Å². The molecule has 1 aromatic heterocycles. The molecule has 1 amide bonds. The van der Waals surface area contributed by atoms with E-state index in [0.717, 1.165) is 42.6 Å². The Hall–Kier alpha value is -2.18. The summed E-state index contributed by atoms with van der Waals surface area (Å²) in [7, 11) is 1.85. The molecule has 7 heteroatoms. The molecule has 0 saturated carbocycles. The van der Waals surface area contributed by atoms with Crippen LogP contribution in [0.15, 0.2) is 30.5 Å². The molecule has 5 nitrogen and oxygen atoms in total. The summed E-state index contributed by atoms with van der Waals surface area (Å²) in [5.74, 6) is 0.528. The summed E-state index contributed by atoms with van der Waals surface area (Å²) in [5.41, 5.74) is 2.67. The zero-order chi connectivity index (χ0) is 19.9.